The summed E-state index contributed by atoms with van der Waals surface area (Å²) >= 11 is 0. The molecule has 1 atom stereocenters. The fourth-order valence-corrected chi connectivity index (χ4v) is 0.452. The van der Waals surface area contributed by atoms with E-state index in [-0.39, 0.29) is 72.0 Å². The van der Waals surface area contributed by atoms with Crippen molar-refractivity contribution < 1.29 is 78.9 Å². The van der Waals surface area contributed by atoms with Crippen LogP contribution >= 0.6 is 0 Å². The molecule has 0 aliphatic carbocycles. The molecule has 4 nitrogen and oxygen atoms in total. The third-order valence-corrected chi connectivity index (χ3v) is 1.18. The molecule has 0 unspecified atom stereocenters. The van der Waals surface area contributed by atoms with E-state index in [1.807, 2.05) is 0 Å². The van der Waals surface area contributed by atoms with Crippen LogP contribution in [0.25, 0.3) is 0 Å². The predicted molar refractivity (Wildman–Crippen MR) is 28.4 cm³/mol. The molecule has 0 aromatic heterocycles. The van der Waals surface area contributed by atoms with E-state index in [0.29, 0.717) is 0 Å². The Morgan fingerprint density at radius 3 is 1.92 bits per heavy atom. The number of carbonyl (C=O) groups is 2. The van der Waals surface area contributed by atoms with E-state index < -0.39 is 17.9 Å². The molecule has 0 amide bonds. The van der Waals surface area contributed by atoms with Crippen LogP contribution in [0.1, 0.15) is 19.8 Å². The molecule has 0 rings (SSSR count). The van der Waals surface area contributed by atoms with Crippen molar-refractivity contribution in [2.24, 2.45) is 5.92 Å². The molecule has 58 valence electrons. The van der Waals surface area contributed by atoms with Gasteiger partial charge in [0.05, 0.1) is 0 Å². The van der Waals surface area contributed by atoms with Gasteiger partial charge in [-0.05, 0) is 18.8 Å². The normalized spacial score (nSPS) is 10.4. The van der Waals surface area contributed by atoms with Crippen LogP contribution in [0.3, 0.4) is 0 Å². The molecule has 0 aromatic rings. The SMILES string of the molecule is C[C@@H](CCC(=O)[O-])C(=O)[O-].[Na+].[Na+]. The smallest absolute Gasteiger partial charge is 0.550 e. The van der Waals surface area contributed by atoms with Gasteiger partial charge in [0.15, 0.2) is 0 Å². The van der Waals surface area contributed by atoms with Gasteiger partial charge in [-0.1, -0.05) is 6.92 Å². The van der Waals surface area contributed by atoms with E-state index in [0.717, 1.165) is 0 Å². The van der Waals surface area contributed by atoms with Crippen LogP contribution in [0.15, 0.2) is 0 Å². The molecule has 6 heteroatoms. The first-order chi connectivity index (χ1) is 4.54. The van der Waals surface area contributed by atoms with Gasteiger partial charge in [-0.25, -0.2) is 0 Å². The predicted octanol–water partition coefficient (Wildman–Crippen LogP) is -8.09. The summed E-state index contributed by atoms with van der Waals surface area (Å²) in [4.78, 5) is 19.8. The van der Waals surface area contributed by atoms with Crippen molar-refractivity contribution in [1.82, 2.24) is 0 Å². The second-order valence-electron chi connectivity index (χ2n) is 2.13. The Kier molecular flexibility index (Phi) is 15.6. The summed E-state index contributed by atoms with van der Waals surface area (Å²) in [5, 5.41) is 19.8. The Balaban J connectivity index is -0.000000405. The number of aliphatic carboxylic acids is 2. The minimum Gasteiger partial charge on any atom is -0.550 e. The minimum atomic E-state index is -1.23. The third kappa shape index (κ3) is 10.9. The Labute approximate surface area is 115 Å². The second-order valence-corrected chi connectivity index (χ2v) is 2.13. The standard InChI is InChI=1S/C6H10O4.2Na/c1-4(6(9)10)2-3-5(7)8;;/h4H,2-3H2,1H3,(H,7,8)(H,9,10);;/q;2*+1/p-2/t4-;;/m0../s1. The molecule has 0 heterocycles. The van der Waals surface area contributed by atoms with Gasteiger partial charge in [-0.2, -0.15) is 0 Å². The van der Waals surface area contributed by atoms with Gasteiger partial charge >= 0.3 is 59.1 Å². The maximum Gasteiger partial charge on any atom is 1.00 e. The van der Waals surface area contributed by atoms with E-state index in [9.17, 15) is 19.8 Å². The number of carboxylic acids is 2. The van der Waals surface area contributed by atoms with Crippen molar-refractivity contribution in [1.29, 1.82) is 0 Å². The van der Waals surface area contributed by atoms with E-state index in [4.69, 9.17) is 0 Å². The molecule has 0 fully saturated rings. The maximum atomic E-state index is 9.99. The number of rotatable bonds is 4. The average molecular weight is 190 g/mol. The van der Waals surface area contributed by atoms with Crippen molar-refractivity contribution >= 4 is 11.9 Å². The molecule has 0 saturated carbocycles. The number of carboxylic acid groups (broad SMARTS) is 2. The summed E-state index contributed by atoms with van der Waals surface area (Å²) in [6, 6.07) is 0. The number of hydrogen-bond acceptors (Lipinski definition) is 4. The summed E-state index contributed by atoms with van der Waals surface area (Å²) < 4.78 is 0. The molecule has 0 spiro atoms. The van der Waals surface area contributed by atoms with Crippen molar-refractivity contribution in [3.05, 3.63) is 0 Å². The van der Waals surface area contributed by atoms with Gasteiger partial charge in [-0.15, -0.1) is 0 Å². The molecule has 0 aliphatic rings. The van der Waals surface area contributed by atoms with Crippen molar-refractivity contribution in [2.45, 2.75) is 19.8 Å². The zero-order valence-corrected chi connectivity index (χ0v) is 11.6. The van der Waals surface area contributed by atoms with Crippen LogP contribution in [0, 0.1) is 5.92 Å². The first kappa shape index (κ1) is 18.7. The maximum absolute atomic E-state index is 9.99. The summed E-state index contributed by atoms with van der Waals surface area (Å²) in [6.07, 6.45) is -0.153. The summed E-state index contributed by atoms with van der Waals surface area (Å²) in [5.74, 6) is -3.16. The van der Waals surface area contributed by atoms with Crippen LogP contribution in [0.4, 0.5) is 0 Å². The van der Waals surface area contributed by atoms with E-state index in [1.165, 1.54) is 6.92 Å². The second kappa shape index (κ2) is 10.0. The first-order valence-electron chi connectivity index (χ1n) is 2.94. The van der Waals surface area contributed by atoms with Crippen LogP contribution in [0.2, 0.25) is 0 Å². The van der Waals surface area contributed by atoms with Gasteiger partial charge < -0.3 is 19.8 Å². The molecular formula is C6H8Na2O4. The van der Waals surface area contributed by atoms with E-state index in [2.05, 4.69) is 0 Å². The largest absolute Gasteiger partial charge is 1.00 e. The van der Waals surface area contributed by atoms with Crippen LogP contribution < -0.4 is 69.3 Å². The zero-order chi connectivity index (χ0) is 8.15. The minimum absolute atomic E-state index is 0. The Hall–Kier alpha value is 0.940. The van der Waals surface area contributed by atoms with Crippen molar-refractivity contribution in [3.63, 3.8) is 0 Å². The van der Waals surface area contributed by atoms with Gasteiger partial charge in [0.1, 0.15) is 0 Å². The Bertz CT molecular complexity index is 148. The number of hydrogen-bond donors (Lipinski definition) is 0. The summed E-state index contributed by atoms with van der Waals surface area (Å²) in [7, 11) is 0. The molecule has 12 heavy (non-hydrogen) atoms. The monoisotopic (exact) mass is 190 g/mol. The molecule has 0 radical (unpaired) electrons. The molecular weight excluding hydrogens is 182 g/mol. The topological polar surface area (TPSA) is 80.3 Å². The van der Waals surface area contributed by atoms with Crippen LogP contribution in [0.5, 0.6) is 0 Å². The molecule has 0 aliphatic heterocycles. The number of carbonyl (C=O) groups excluding carboxylic acids is 2. The summed E-state index contributed by atoms with van der Waals surface area (Å²) in [5.41, 5.74) is 0. The van der Waals surface area contributed by atoms with Gasteiger partial charge in [0, 0.05) is 11.9 Å². The quantitative estimate of drug-likeness (QED) is 0.412. The van der Waals surface area contributed by atoms with Crippen LogP contribution in [-0.4, -0.2) is 11.9 Å². The first-order valence-corrected chi connectivity index (χ1v) is 2.94. The van der Waals surface area contributed by atoms with E-state index in [1.54, 1.807) is 0 Å². The van der Waals surface area contributed by atoms with Gasteiger partial charge in [-0.3, -0.25) is 0 Å². The summed E-state index contributed by atoms with van der Waals surface area (Å²) in [6.45, 7) is 1.40. The van der Waals surface area contributed by atoms with E-state index >= 15 is 0 Å². The van der Waals surface area contributed by atoms with Crippen molar-refractivity contribution in [2.75, 3.05) is 0 Å². The average Bonchev–Trinajstić information content (AvgIpc) is 1.82. The fraction of sp³-hybridized carbons (Fsp3) is 0.667. The fourth-order valence-electron chi connectivity index (χ4n) is 0.452. The third-order valence-electron chi connectivity index (χ3n) is 1.18. The van der Waals surface area contributed by atoms with Gasteiger partial charge in [0.2, 0.25) is 0 Å². The molecule has 0 bridgehead atoms. The Morgan fingerprint density at radius 1 is 1.25 bits per heavy atom. The Morgan fingerprint density at radius 2 is 1.67 bits per heavy atom. The van der Waals surface area contributed by atoms with Crippen molar-refractivity contribution in [3.8, 4) is 0 Å². The van der Waals surface area contributed by atoms with Crippen LogP contribution in [-0.2, 0) is 9.59 Å². The van der Waals surface area contributed by atoms with Gasteiger partial charge in [0.25, 0.3) is 0 Å². The zero-order valence-electron chi connectivity index (χ0n) is 7.62. The molecule has 0 aromatic carbocycles. The molecule has 0 saturated heterocycles. The molecule has 0 N–H and O–H groups in total.